The van der Waals surface area contributed by atoms with Gasteiger partial charge in [-0.15, -0.1) is 0 Å². The molecule has 2 aromatic rings. The number of carbonyl (C=O) groups excluding carboxylic acids is 10. The summed E-state index contributed by atoms with van der Waals surface area (Å²) in [5.41, 5.74) is 5.30. The number of alkyl carbamates (subject to hydrolysis) is 1. The molecule has 4 bridgehead atoms. The van der Waals surface area contributed by atoms with E-state index in [0.29, 0.717) is 47.5 Å². The molecule has 2 fully saturated rings. The van der Waals surface area contributed by atoms with E-state index in [-0.39, 0.29) is 68.3 Å². The molecule has 9 amide bonds. The SMILES string of the molecule is COc1cc(CC(=O)[C@H](CCCNC(N)=O)NC(=O)[C@@H](NC(=O)CCCCCN2C(=O)C=CC2=O)C(C)C)ccc1C(=O)N(C)[C@@H](C)C(=O)O[C@H]1CC(=O)N(C)c2cc(cc(C)c2Cl)C/C(C)=C/C=C/[C@@H](OC)[C@@]2(O)C[C@H](OC(=O)N2)[C@@H](C)[C@@H]2O[C@@]12C. The molecule has 2 aromatic carbocycles. The molecular formula is C62H83ClN8O16. The number of fused-ring (bicyclic) bond motifs is 5. The van der Waals surface area contributed by atoms with Crippen molar-refractivity contribution in [3.05, 3.63) is 93.6 Å². The normalized spacial score (nSPS) is 24.9. The number of amides is 9. The number of ketones is 1. The average Bonchev–Trinajstić information content (AvgIpc) is 1.65. The van der Waals surface area contributed by atoms with Gasteiger partial charge in [-0.05, 0) is 101 Å². The van der Waals surface area contributed by atoms with Crippen LogP contribution in [0.4, 0.5) is 15.3 Å². The van der Waals surface area contributed by atoms with E-state index in [0.717, 1.165) is 20.9 Å². The molecule has 0 radical (unpaired) electrons. The van der Waals surface area contributed by atoms with Crippen molar-refractivity contribution in [3.8, 4) is 5.75 Å². The van der Waals surface area contributed by atoms with Gasteiger partial charge in [0.05, 0.1) is 41.9 Å². The lowest BCUT2D eigenvalue weighted by molar-refractivity contribution is -0.158. The number of nitrogens with zero attached hydrogens (tertiary/aromatic N) is 3. The lowest BCUT2D eigenvalue weighted by atomic mass is 9.83. The summed E-state index contributed by atoms with van der Waals surface area (Å²) >= 11 is 6.87. The number of nitrogens with two attached hydrogens (primary N) is 1. The van der Waals surface area contributed by atoms with Crippen LogP contribution < -0.4 is 36.6 Å². The maximum Gasteiger partial charge on any atom is 0.409 e. The number of allylic oxidation sites excluding steroid dienone is 3. The first-order valence-corrected chi connectivity index (χ1v) is 29.5. The number of unbranched alkanes of at least 4 members (excludes halogenated alkanes) is 2. The minimum absolute atomic E-state index is 0.0145. The highest BCUT2D eigenvalue weighted by Gasteiger charge is 2.64. The Kier molecular flexibility index (Phi) is 23.5. The number of epoxide rings is 1. The Morgan fingerprint density at radius 3 is 2.33 bits per heavy atom. The number of likely N-dealkylation sites (N-methyl/N-ethyl adjacent to an activating group) is 1. The molecule has 0 aromatic heterocycles. The second-order valence-electron chi connectivity index (χ2n) is 23.4. The van der Waals surface area contributed by atoms with Gasteiger partial charge >= 0.3 is 18.1 Å². The maximum atomic E-state index is 14.5. The summed E-state index contributed by atoms with van der Waals surface area (Å²) < 4.78 is 29.7. The van der Waals surface area contributed by atoms with E-state index in [1.165, 1.54) is 63.4 Å². The van der Waals surface area contributed by atoms with Gasteiger partial charge in [0.1, 0.15) is 41.7 Å². The standard InChI is InChI=1S/C62H83ClN8O16/c1-34(2)54(67-49(73)20-13-12-14-26-71-50(74)23-24-51(71)75)56(77)66-42(18-16-25-65-59(64)80)44(72)30-39-21-22-41(45(31-39)83-10)57(78)69(8)38(6)58(79)86-48-32-52(76)70(9)43-29-40(28-36(4)53(43)63)27-35(3)17-15-19-47(84-11)62(82)33-46(85-60(81)68-62)37(5)55-61(48,7)87-55/h15,17,19,21-24,28-29,31,34,37-38,42,46-48,54-55,82H,12-14,16,18,20,25-27,30,32-33H2,1-11H3,(H,66,77)(H,67,73)(H,68,81)(H3,64,65,80)/b19-15+,35-17+/t37-,38+,42+,46+,47-,48+,54+,55+,61+,62+/m1/s1. The van der Waals surface area contributed by atoms with Crippen LogP contribution in [0.25, 0.3) is 0 Å². The third-order valence-electron chi connectivity index (χ3n) is 16.4. The van der Waals surface area contributed by atoms with E-state index in [1.807, 2.05) is 26.0 Å². The first-order valence-electron chi connectivity index (χ1n) is 29.2. The molecule has 4 aliphatic rings. The zero-order valence-electron chi connectivity index (χ0n) is 51.3. The number of urea groups is 1. The summed E-state index contributed by atoms with van der Waals surface area (Å²) in [6.07, 6.45) is 4.25. The third-order valence-corrected chi connectivity index (χ3v) is 16.9. The number of aliphatic hydroxyl groups is 1. The summed E-state index contributed by atoms with van der Waals surface area (Å²) in [6.45, 7) is 12.4. The quantitative estimate of drug-likeness (QED) is 0.0376. The Hall–Kier alpha value is -7.67. The molecule has 25 heteroatoms. The number of halogens is 1. The number of anilines is 1. The predicted octanol–water partition coefficient (Wildman–Crippen LogP) is 4.81. The van der Waals surface area contributed by atoms with Crippen molar-refractivity contribution >= 4 is 76.6 Å². The first-order chi connectivity index (χ1) is 41.0. The van der Waals surface area contributed by atoms with Crippen LogP contribution in [0.3, 0.4) is 0 Å². The van der Waals surface area contributed by atoms with Crippen molar-refractivity contribution in [3.63, 3.8) is 0 Å². The smallest absolute Gasteiger partial charge is 0.409 e. The van der Waals surface area contributed by atoms with Gasteiger partial charge in [-0.2, -0.15) is 0 Å². The van der Waals surface area contributed by atoms with Crippen LogP contribution in [0.5, 0.6) is 5.75 Å². The second-order valence-corrected chi connectivity index (χ2v) is 23.7. The van der Waals surface area contributed by atoms with Crippen molar-refractivity contribution in [2.75, 3.05) is 46.3 Å². The van der Waals surface area contributed by atoms with Crippen LogP contribution in [0.1, 0.15) is 120 Å². The van der Waals surface area contributed by atoms with E-state index >= 15 is 0 Å². The van der Waals surface area contributed by atoms with E-state index in [2.05, 4.69) is 21.3 Å². The monoisotopic (exact) mass is 1230 g/mol. The number of ether oxygens (including phenoxy) is 5. The minimum atomic E-state index is -1.91. The highest BCUT2D eigenvalue weighted by atomic mass is 35.5. The number of benzene rings is 2. The fraction of sp³-hybridized carbons (Fsp3) is 0.548. The molecule has 474 valence electrons. The van der Waals surface area contributed by atoms with Gasteiger partial charge < -0.3 is 60.3 Å². The summed E-state index contributed by atoms with van der Waals surface area (Å²) in [4.78, 5) is 136. The molecule has 0 saturated carbocycles. The van der Waals surface area contributed by atoms with E-state index < -0.39 is 120 Å². The molecule has 4 aliphatic heterocycles. The van der Waals surface area contributed by atoms with Gasteiger partial charge in [-0.1, -0.05) is 74.7 Å². The number of imide groups is 1. The predicted molar refractivity (Wildman–Crippen MR) is 320 cm³/mol. The van der Waals surface area contributed by atoms with Gasteiger partial charge in [0.25, 0.3) is 17.7 Å². The summed E-state index contributed by atoms with van der Waals surface area (Å²) in [5.74, 6) is -5.26. The van der Waals surface area contributed by atoms with E-state index in [1.54, 1.807) is 53.0 Å². The number of aryl methyl sites for hydroxylation is 1. The Morgan fingerprint density at radius 2 is 1.68 bits per heavy atom. The minimum Gasteiger partial charge on any atom is -0.496 e. The van der Waals surface area contributed by atoms with Gasteiger partial charge in [-0.25, -0.2) is 14.4 Å². The van der Waals surface area contributed by atoms with Crippen LogP contribution >= 0.6 is 11.6 Å². The molecule has 0 aliphatic carbocycles. The molecule has 4 heterocycles. The molecule has 0 unspecified atom stereocenters. The fourth-order valence-corrected chi connectivity index (χ4v) is 11.2. The van der Waals surface area contributed by atoms with Crippen molar-refractivity contribution < 1.29 is 76.7 Å². The number of rotatable bonds is 23. The summed E-state index contributed by atoms with van der Waals surface area (Å²) in [5, 5.41) is 22.8. The van der Waals surface area contributed by atoms with E-state index in [9.17, 15) is 53.1 Å². The molecular weight excluding hydrogens is 1150 g/mol. The van der Waals surface area contributed by atoms with Crippen LogP contribution in [0, 0.1) is 18.8 Å². The molecule has 7 N–H and O–H groups in total. The number of nitrogens with one attached hydrogen (secondary N) is 4. The number of carbonyl (C=O) groups is 10. The van der Waals surface area contributed by atoms with Gasteiger partial charge in [0.15, 0.2) is 11.5 Å². The third kappa shape index (κ3) is 17.3. The van der Waals surface area contributed by atoms with Gasteiger partial charge in [-0.3, -0.25) is 43.8 Å². The molecule has 10 atom stereocenters. The highest BCUT2D eigenvalue weighted by Crippen LogP contribution is 2.49. The Balaban J connectivity index is 1.17. The zero-order chi connectivity index (χ0) is 64.2. The van der Waals surface area contributed by atoms with Crippen molar-refractivity contribution in [1.82, 2.24) is 31.1 Å². The van der Waals surface area contributed by atoms with Crippen molar-refractivity contribution in [1.29, 1.82) is 0 Å². The Labute approximate surface area is 512 Å². The summed E-state index contributed by atoms with van der Waals surface area (Å²) in [7, 11) is 5.68. The lowest BCUT2D eigenvalue weighted by Gasteiger charge is -2.42. The van der Waals surface area contributed by atoms with Crippen molar-refractivity contribution in [2.45, 2.75) is 167 Å². The number of hydrogen-bond acceptors (Lipinski definition) is 16. The number of methoxy groups -OCH3 is 2. The van der Waals surface area contributed by atoms with Gasteiger partial charge in [0, 0.05) is 71.6 Å². The van der Waals surface area contributed by atoms with Crippen LogP contribution in [0.15, 0.2) is 66.3 Å². The molecule has 24 nitrogen and oxygen atoms in total. The van der Waals surface area contributed by atoms with Crippen LogP contribution in [0.2, 0.25) is 5.02 Å². The number of Topliss-reactive ketones (excluding diaryl/α,β-unsaturated/α-hetero) is 1. The van der Waals surface area contributed by atoms with Crippen molar-refractivity contribution in [2.24, 2.45) is 17.6 Å². The molecule has 2 saturated heterocycles. The van der Waals surface area contributed by atoms with E-state index in [4.69, 9.17) is 41.0 Å². The van der Waals surface area contributed by atoms with Gasteiger partial charge in [0.2, 0.25) is 17.7 Å². The first kappa shape index (κ1) is 68.4. The maximum absolute atomic E-state index is 14.5. The number of primary amides is 1. The number of hydrogen-bond donors (Lipinski definition) is 6. The molecule has 6 rings (SSSR count). The van der Waals surface area contributed by atoms with Crippen LogP contribution in [-0.4, -0.2) is 169 Å². The van der Waals surface area contributed by atoms with Crippen LogP contribution in [-0.2, 0) is 65.4 Å². The highest BCUT2D eigenvalue weighted by molar-refractivity contribution is 6.34. The molecule has 0 spiro atoms. The Morgan fingerprint density at radius 1 is 0.977 bits per heavy atom. The average molecular weight is 1230 g/mol. The second kappa shape index (κ2) is 29.8. The lowest BCUT2D eigenvalue weighted by Crippen LogP contribution is -2.63. The Bertz CT molecular complexity index is 3040. The fourth-order valence-electron chi connectivity index (χ4n) is 11.0. The largest absolute Gasteiger partial charge is 0.496 e. The summed E-state index contributed by atoms with van der Waals surface area (Å²) in [6, 6.07) is 3.98. The zero-order valence-corrected chi connectivity index (χ0v) is 52.1. The molecule has 87 heavy (non-hydrogen) atoms. The number of esters is 1. The topological polar surface area (TPSA) is 324 Å².